The van der Waals surface area contributed by atoms with Crippen LogP contribution in [0.5, 0.6) is 0 Å². The summed E-state index contributed by atoms with van der Waals surface area (Å²) in [5.74, 6) is -1.45. The Balaban J connectivity index is 2.34. The summed E-state index contributed by atoms with van der Waals surface area (Å²) in [6, 6.07) is 3.18. The summed E-state index contributed by atoms with van der Waals surface area (Å²) in [4.78, 5) is 34.8. The minimum absolute atomic E-state index is 0.0221. The van der Waals surface area contributed by atoms with Gasteiger partial charge in [-0.05, 0) is 16.9 Å². The number of thiophene rings is 1. The summed E-state index contributed by atoms with van der Waals surface area (Å²) < 4.78 is 0. The molecule has 0 fully saturated rings. The molecule has 0 aliphatic rings. The van der Waals surface area contributed by atoms with Gasteiger partial charge >= 0.3 is 12.0 Å². The van der Waals surface area contributed by atoms with E-state index in [1.807, 2.05) is 17.5 Å². The number of aliphatic carboxylic acids is 1. The van der Waals surface area contributed by atoms with E-state index in [2.05, 4.69) is 10.6 Å². The molecule has 0 aliphatic heterocycles. The van der Waals surface area contributed by atoms with Crippen LogP contribution in [0.4, 0.5) is 4.79 Å². The Bertz CT molecular complexity index is 483. The molecular formula is C13H18N2O4S. The Morgan fingerprint density at radius 3 is 2.55 bits per heavy atom. The standard InChI is InChI=1S/C13H18N2O4S/c1-13(2,7-11(17)18)6-10(16)15-12(19)14-8-9-4-3-5-20-9/h3-5H,6-8H2,1-2H3,(H,17,18)(H2,14,15,16,19). The summed E-state index contributed by atoms with van der Waals surface area (Å²) >= 11 is 1.51. The first kappa shape index (κ1) is 16.2. The fourth-order valence-corrected chi connectivity index (χ4v) is 2.35. The van der Waals surface area contributed by atoms with Gasteiger partial charge in [0.1, 0.15) is 0 Å². The highest BCUT2D eigenvalue weighted by molar-refractivity contribution is 7.09. The summed E-state index contributed by atoms with van der Waals surface area (Å²) in [6.45, 7) is 3.70. The van der Waals surface area contributed by atoms with Crippen LogP contribution >= 0.6 is 11.3 Å². The fraction of sp³-hybridized carbons (Fsp3) is 0.462. The van der Waals surface area contributed by atoms with Crippen LogP contribution in [0.3, 0.4) is 0 Å². The van der Waals surface area contributed by atoms with E-state index in [-0.39, 0.29) is 12.8 Å². The van der Waals surface area contributed by atoms with Gasteiger partial charge < -0.3 is 10.4 Å². The normalized spacial score (nSPS) is 10.9. The quantitative estimate of drug-likeness (QED) is 0.748. The highest BCUT2D eigenvalue weighted by Gasteiger charge is 2.25. The number of imide groups is 1. The van der Waals surface area contributed by atoms with Gasteiger partial charge in [0.15, 0.2) is 0 Å². The van der Waals surface area contributed by atoms with Crippen LogP contribution in [-0.4, -0.2) is 23.0 Å². The summed E-state index contributed by atoms with van der Waals surface area (Å²) in [5, 5.41) is 15.4. The summed E-state index contributed by atoms with van der Waals surface area (Å²) in [5.41, 5.74) is -0.691. The van der Waals surface area contributed by atoms with Gasteiger partial charge in [-0.3, -0.25) is 14.9 Å². The van der Waals surface area contributed by atoms with E-state index in [4.69, 9.17) is 5.11 Å². The monoisotopic (exact) mass is 298 g/mol. The maximum Gasteiger partial charge on any atom is 0.321 e. The largest absolute Gasteiger partial charge is 0.481 e. The van der Waals surface area contributed by atoms with Crippen molar-refractivity contribution in [2.45, 2.75) is 33.2 Å². The van der Waals surface area contributed by atoms with Gasteiger partial charge in [-0.15, -0.1) is 11.3 Å². The number of hydrogen-bond acceptors (Lipinski definition) is 4. The minimum atomic E-state index is -0.968. The van der Waals surface area contributed by atoms with Crippen LogP contribution in [0.1, 0.15) is 31.6 Å². The van der Waals surface area contributed by atoms with Crippen LogP contribution in [0.15, 0.2) is 17.5 Å². The predicted molar refractivity (Wildman–Crippen MR) is 75.3 cm³/mol. The van der Waals surface area contributed by atoms with Gasteiger partial charge in [0.05, 0.1) is 13.0 Å². The van der Waals surface area contributed by atoms with Crippen molar-refractivity contribution in [1.82, 2.24) is 10.6 Å². The third kappa shape index (κ3) is 6.33. The molecule has 0 unspecified atom stereocenters. The molecule has 6 nitrogen and oxygen atoms in total. The maximum absolute atomic E-state index is 11.6. The molecule has 1 rings (SSSR count). The van der Waals surface area contributed by atoms with Crippen molar-refractivity contribution in [3.63, 3.8) is 0 Å². The highest BCUT2D eigenvalue weighted by Crippen LogP contribution is 2.24. The molecule has 0 saturated carbocycles. The van der Waals surface area contributed by atoms with Crippen molar-refractivity contribution >= 4 is 29.2 Å². The van der Waals surface area contributed by atoms with Crippen molar-refractivity contribution < 1.29 is 19.5 Å². The molecular weight excluding hydrogens is 280 g/mol. The van der Waals surface area contributed by atoms with Crippen molar-refractivity contribution in [1.29, 1.82) is 0 Å². The minimum Gasteiger partial charge on any atom is -0.481 e. The number of amides is 3. The lowest BCUT2D eigenvalue weighted by Crippen LogP contribution is -2.40. The lowest BCUT2D eigenvalue weighted by Gasteiger charge is -2.21. The second kappa shape index (κ2) is 7.04. The fourth-order valence-electron chi connectivity index (χ4n) is 1.70. The molecule has 20 heavy (non-hydrogen) atoms. The topological polar surface area (TPSA) is 95.5 Å². The number of urea groups is 1. The number of carboxylic acids is 1. The average Bonchev–Trinajstić information content (AvgIpc) is 2.75. The Morgan fingerprint density at radius 1 is 1.30 bits per heavy atom. The lowest BCUT2D eigenvalue weighted by atomic mass is 9.85. The number of carbonyl (C=O) groups excluding carboxylic acids is 2. The number of carbonyl (C=O) groups is 3. The lowest BCUT2D eigenvalue weighted by molar-refractivity contribution is -0.139. The molecule has 0 aromatic carbocycles. The van der Waals surface area contributed by atoms with Crippen molar-refractivity contribution in [2.24, 2.45) is 5.41 Å². The number of rotatable bonds is 6. The molecule has 1 aromatic heterocycles. The first-order valence-electron chi connectivity index (χ1n) is 6.10. The van der Waals surface area contributed by atoms with E-state index in [9.17, 15) is 14.4 Å². The van der Waals surface area contributed by atoms with Crippen LogP contribution in [0.25, 0.3) is 0 Å². The van der Waals surface area contributed by atoms with Gasteiger partial charge in [-0.2, -0.15) is 0 Å². The Labute approximate surface area is 121 Å². The predicted octanol–water partition coefficient (Wildman–Crippen LogP) is 1.96. The van der Waals surface area contributed by atoms with E-state index in [1.165, 1.54) is 11.3 Å². The molecule has 1 aromatic rings. The number of nitrogens with one attached hydrogen (secondary N) is 2. The van der Waals surface area contributed by atoms with Crippen molar-refractivity contribution in [2.75, 3.05) is 0 Å². The molecule has 0 radical (unpaired) electrons. The highest BCUT2D eigenvalue weighted by atomic mass is 32.1. The molecule has 110 valence electrons. The maximum atomic E-state index is 11.6. The first-order chi connectivity index (χ1) is 9.28. The number of hydrogen-bond donors (Lipinski definition) is 3. The van der Waals surface area contributed by atoms with Gasteiger partial charge in [0.25, 0.3) is 0 Å². The molecule has 0 spiro atoms. The summed E-state index contributed by atoms with van der Waals surface area (Å²) in [6.07, 6.45) is -0.150. The number of carboxylic acid groups (broad SMARTS) is 1. The third-order valence-electron chi connectivity index (χ3n) is 2.53. The zero-order valence-electron chi connectivity index (χ0n) is 11.4. The third-order valence-corrected chi connectivity index (χ3v) is 3.40. The van der Waals surface area contributed by atoms with Gasteiger partial charge in [0, 0.05) is 11.3 Å². The average molecular weight is 298 g/mol. The van der Waals surface area contributed by atoms with E-state index in [0.717, 1.165) is 4.88 Å². The second-order valence-corrected chi connectivity index (χ2v) is 6.25. The molecule has 3 N–H and O–H groups in total. The molecule has 0 bridgehead atoms. The molecule has 7 heteroatoms. The molecule has 0 aliphatic carbocycles. The van der Waals surface area contributed by atoms with Crippen molar-refractivity contribution in [3.05, 3.63) is 22.4 Å². The molecule has 0 saturated heterocycles. The van der Waals surface area contributed by atoms with Gasteiger partial charge in [0.2, 0.25) is 5.91 Å². The first-order valence-corrected chi connectivity index (χ1v) is 6.98. The zero-order valence-corrected chi connectivity index (χ0v) is 12.3. The second-order valence-electron chi connectivity index (χ2n) is 5.22. The van der Waals surface area contributed by atoms with E-state index < -0.39 is 23.3 Å². The van der Waals surface area contributed by atoms with Crippen LogP contribution in [-0.2, 0) is 16.1 Å². The van der Waals surface area contributed by atoms with E-state index >= 15 is 0 Å². The van der Waals surface area contributed by atoms with Crippen LogP contribution in [0, 0.1) is 5.41 Å². The van der Waals surface area contributed by atoms with Gasteiger partial charge in [-0.25, -0.2) is 4.79 Å². The van der Waals surface area contributed by atoms with Crippen LogP contribution < -0.4 is 10.6 Å². The van der Waals surface area contributed by atoms with E-state index in [1.54, 1.807) is 13.8 Å². The van der Waals surface area contributed by atoms with Crippen molar-refractivity contribution in [3.8, 4) is 0 Å². The Hall–Kier alpha value is -1.89. The smallest absolute Gasteiger partial charge is 0.321 e. The van der Waals surface area contributed by atoms with E-state index in [0.29, 0.717) is 6.54 Å². The van der Waals surface area contributed by atoms with Gasteiger partial charge in [-0.1, -0.05) is 19.9 Å². The Morgan fingerprint density at radius 2 is 2.00 bits per heavy atom. The summed E-state index contributed by atoms with van der Waals surface area (Å²) in [7, 11) is 0. The molecule has 0 atom stereocenters. The SMILES string of the molecule is CC(C)(CC(=O)O)CC(=O)NC(=O)NCc1cccs1. The van der Waals surface area contributed by atoms with Crippen LogP contribution in [0.2, 0.25) is 0 Å². The molecule has 1 heterocycles. The Kier molecular flexibility index (Phi) is 5.69. The molecule has 3 amide bonds. The zero-order chi connectivity index (χ0) is 15.2.